The third-order valence-corrected chi connectivity index (χ3v) is 24.3. The lowest BCUT2D eigenvalue weighted by atomic mass is 9.90. The van der Waals surface area contributed by atoms with Crippen LogP contribution in [0, 0.1) is 5.92 Å². The van der Waals surface area contributed by atoms with Crippen molar-refractivity contribution >= 4 is 22.4 Å². The number of hydrogen-bond donors (Lipinski definition) is 0. The third kappa shape index (κ3) is 14.8. The normalized spacial score (nSPS) is 21.6. The molecule has 1 aliphatic heterocycles. The predicted octanol–water partition coefficient (Wildman–Crippen LogP) is 15.1. The molecular formula is C45H75F7O5Si2. The molecule has 0 amide bonds. The number of halogens is 7. The lowest BCUT2D eigenvalue weighted by Crippen LogP contribution is -2.55. The maximum atomic E-state index is 15.1. The summed E-state index contributed by atoms with van der Waals surface area (Å²) in [5.41, 5.74) is 0.354. The number of ketones is 1. The van der Waals surface area contributed by atoms with Crippen LogP contribution in [0.3, 0.4) is 0 Å². The highest BCUT2D eigenvalue weighted by Gasteiger charge is 2.72. The zero-order chi connectivity index (χ0) is 44.8. The van der Waals surface area contributed by atoms with Crippen LogP contribution in [0.1, 0.15) is 152 Å². The van der Waals surface area contributed by atoms with Gasteiger partial charge in [-0.05, 0) is 70.2 Å². The number of rotatable bonds is 20. The van der Waals surface area contributed by atoms with E-state index in [1.54, 1.807) is 27.7 Å². The molecule has 1 heterocycles. The average Bonchev–Trinajstić information content (AvgIpc) is 3.13. The number of benzene rings is 1. The van der Waals surface area contributed by atoms with E-state index in [1.165, 1.54) is 12.2 Å². The Morgan fingerprint density at radius 2 is 1.34 bits per heavy atom. The molecule has 5 nitrogen and oxygen atoms in total. The Labute approximate surface area is 353 Å². The van der Waals surface area contributed by atoms with Crippen molar-refractivity contribution in [1.29, 1.82) is 0 Å². The van der Waals surface area contributed by atoms with Gasteiger partial charge in [-0.15, -0.1) is 0 Å². The van der Waals surface area contributed by atoms with Gasteiger partial charge in [-0.1, -0.05) is 151 Å². The third-order valence-electron chi connectivity index (χ3n) is 12.5. The molecule has 1 aromatic carbocycles. The van der Waals surface area contributed by atoms with E-state index < -0.39 is 76.9 Å². The summed E-state index contributed by atoms with van der Waals surface area (Å²) in [5, 5.41) is 0. The van der Waals surface area contributed by atoms with Gasteiger partial charge in [0, 0.05) is 12.8 Å². The summed E-state index contributed by atoms with van der Waals surface area (Å²) in [6, 6.07) is 8.57. The van der Waals surface area contributed by atoms with Crippen LogP contribution in [0.15, 0.2) is 42.5 Å². The van der Waals surface area contributed by atoms with Crippen molar-refractivity contribution in [3.63, 3.8) is 0 Å². The lowest BCUT2D eigenvalue weighted by Gasteiger charge is -2.46. The van der Waals surface area contributed by atoms with Gasteiger partial charge in [0.1, 0.15) is 6.10 Å². The second-order valence-electron chi connectivity index (χ2n) is 18.3. The minimum absolute atomic E-state index is 0.0360. The summed E-state index contributed by atoms with van der Waals surface area (Å²) in [4.78, 5) is 13.8. The molecule has 0 saturated heterocycles. The van der Waals surface area contributed by atoms with E-state index in [0.29, 0.717) is 12.8 Å². The van der Waals surface area contributed by atoms with Gasteiger partial charge in [-0.3, -0.25) is 4.79 Å². The molecule has 1 aromatic rings. The van der Waals surface area contributed by atoms with Crippen LogP contribution in [-0.4, -0.2) is 59.1 Å². The van der Waals surface area contributed by atoms with Crippen molar-refractivity contribution in [2.75, 3.05) is 0 Å². The van der Waals surface area contributed by atoms with Crippen LogP contribution in [0.25, 0.3) is 0 Å². The Bertz CT molecular complexity index is 1360. The molecule has 0 saturated carbocycles. The monoisotopic (exact) mass is 885 g/mol. The molecule has 2 rings (SSSR count). The van der Waals surface area contributed by atoms with Gasteiger partial charge >= 0.3 is 18.0 Å². The van der Waals surface area contributed by atoms with E-state index in [4.69, 9.17) is 18.3 Å². The maximum Gasteiger partial charge on any atom is 0.459 e. The number of hydrogen-bond acceptors (Lipinski definition) is 5. The first-order valence-corrected chi connectivity index (χ1v) is 26.5. The van der Waals surface area contributed by atoms with E-state index in [0.717, 1.165) is 56.9 Å². The Hall–Kier alpha value is -1.59. The second kappa shape index (κ2) is 23.7. The summed E-state index contributed by atoms with van der Waals surface area (Å²) in [5.74, 6) is -11.6. The Balaban J connectivity index is 2.84. The summed E-state index contributed by atoms with van der Waals surface area (Å²) < 4.78 is 126. The molecule has 4 atom stereocenters. The molecule has 59 heavy (non-hydrogen) atoms. The highest BCUT2D eigenvalue weighted by molar-refractivity contribution is 6.77. The average molecular weight is 885 g/mol. The van der Waals surface area contributed by atoms with Crippen LogP contribution < -0.4 is 0 Å². The summed E-state index contributed by atoms with van der Waals surface area (Å²) in [6.07, 6.45) is -0.190. The standard InChI is InChI=1S/C45H75F7O5Si2/c1-12-13-16-21-37-22-17-15-20-25-41(57-59(34(6)7,35(8)9)36(10)11)55-42(54-31-38-23-18-14-19-24-38)40(27-26-39(53)30-37)56-58(32(2)3,33(4)5)29-28-43(46,47)44(48,49)45(50,51)52/h14,18-19,23-24,26-27,32-37,40-42H,12-13,15-17,20-22,25,28-31H2,1-11H3/t37-,40+,41+,42-/m0/s1. The fourth-order valence-electron chi connectivity index (χ4n) is 9.14. The van der Waals surface area contributed by atoms with Crippen molar-refractivity contribution in [3.8, 4) is 0 Å². The van der Waals surface area contributed by atoms with E-state index in [9.17, 15) is 26.7 Å². The number of carbonyl (C=O) groups is 1. The van der Waals surface area contributed by atoms with Crippen molar-refractivity contribution in [1.82, 2.24) is 0 Å². The predicted molar refractivity (Wildman–Crippen MR) is 228 cm³/mol. The molecule has 0 unspecified atom stereocenters. The van der Waals surface area contributed by atoms with Crippen LogP contribution in [0.4, 0.5) is 30.7 Å². The van der Waals surface area contributed by atoms with Gasteiger partial charge in [0.05, 0.1) is 6.61 Å². The Morgan fingerprint density at radius 1 is 0.763 bits per heavy atom. The molecule has 0 radical (unpaired) electrons. The zero-order valence-corrected chi connectivity index (χ0v) is 39.6. The quantitative estimate of drug-likeness (QED) is 0.0742. The highest BCUT2D eigenvalue weighted by atomic mass is 28.4. The molecule has 0 aromatic heterocycles. The lowest BCUT2D eigenvalue weighted by molar-refractivity contribution is -0.354. The van der Waals surface area contributed by atoms with E-state index in [1.807, 2.05) is 30.3 Å². The van der Waals surface area contributed by atoms with Crippen molar-refractivity contribution < 1.29 is 53.9 Å². The van der Waals surface area contributed by atoms with Gasteiger partial charge in [0.15, 0.2) is 26.7 Å². The fraction of sp³-hybridized carbons (Fsp3) is 0.800. The van der Waals surface area contributed by atoms with Crippen LogP contribution in [0.2, 0.25) is 33.7 Å². The van der Waals surface area contributed by atoms with Gasteiger partial charge in [0.25, 0.3) is 0 Å². The number of allylic oxidation sites excluding steroid dienone is 1. The molecule has 0 bridgehead atoms. The topological polar surface area (TPSA) is 54.0 Å². The van der Waals surface area contributed by atoms with E-state index >= 15 is 8.78 Å². The first kappa shape index (κ1) is 53.5. The van der Waals surface area contributed by atoms with Crippen molar-refractivity contribution in [2.45, 2.75) is 224 Å². The number of unbranched alkanes of at least 4 members (excludes halogenated alkanes) is 2. The van der Waals surface area contributed by atoms with E-state index in [-0.39, 0.29) is 34.9 Å². The molecule has 0 fully saturated rings. The number of ether oxygens (including phenoxy) is 2. The summed E-state index contributed by atoms with van der Waals surface area (Å²) in [6.45, 7) is 22.0. The number of alkyl halides is 7. The molecule has 0 spiro atoms. The van der Waals surface area contributed by atoms with Gasteiger partial charge in [0.2, 0.25) is 8.32 Å². The zero-order valence-electron chi connectivity index (χ0n) is 37.6. The molecule has 0 aliphatic carbocycles. The first-order chi connectivity index (χ1) is 27.4. The largest absolute Gasteiger partial charge is 0.459 e. The minimum atomic E-state index is -6.44. The van der Waals surface area contributed by atoms with Crippen LogP contribution in [0.5, 0.6) is 0 Å². The highest BCUT2D eigenvalue weighted by Crippen LogP contribution is 2.51. The SMILES string of the molecule is CCCCC[C@H]1CCCCC[C@@H](O[Si](C(C)C)(C(C)C)C(C)C)O[C@H](OCc2ccccc2)[C@H](O[Si](CCC(F)(F)C(F)(F)C(F)(F)F)(C(C)C)C(C)C)C=CC(=O)C1. The van der Waals surface area contributed by atoms with Gasteiger partial charge in [-0.25, -0.2) is 0 Å². The molecular weight excluding hydrogens is 810 g/mol. The molecule has 14 heteroatoms. The van der Waals surface area contributed by atoms with Gasteiger partial charge < -0.3 is 18.3 Å². The number of carbonyl (C=O) groups excluding carboxylic acids is 1. The molecule has 1 aliphatic rings. The summed E-state index contributed by atoms with van der Waals surface area (Å²) >= 11 is 0. The van der Waals surface area contributed by atoms with Crippen molar-refractivity contribution in [2.24, 2.45) is 5.92 Å². The minimum Gasteiger partial charge on any atom is -0.405 e. The summed E-state index contributed by atoms with van der Waals surface area (Å²) in [7, 11) is -6.34. The first-order valence-electron chi connectivity index (χ1n) is 22.1. The maximum absolute atomic E-state index is 15.1. The van der Waals surface area contributed by atoms with E-state index in [2.05, 4.69) is 48.5 Å². The fourth-order valence-corrected chi connectivity index (χ4v) is 19.1. The van der Waals surface area contributed by atoms with Crippen molar-refractivity contribution in [3.05, 3.63) is 48.0 Å². The van der Waals surface area contributed by atoms with Crippen LogP contribution in [-0.2, 0) is 29.7 Å². The molecule has 0 N–H and O–H groups in total. The Kier molecular flexibility index (Phi) is 21.6. The Morgan fingerprint density at radius 3 is 1.86 bits per heavy atom. The molecule has 342 valence electrons. The van der Waals surface area contributed by atoms with Gasteiger partial charge in [-0.2, -0.15) is 30.7 Å². The second-order valence-corrected chi connectivity index (χ2v) is 28.7. The smallest absolute Gasteiger partial charge is 0.405 e. The van der Waals surface area contributed by atoms with Crippen LogP contribution >= 0.6 is 0 Å².